The topological polar surface area (TPSA) is 73.6 Å². The van der Waals surface area contributed by atoms with Crippen LogP contribution < -0.4 is 10.1 Å². The number of hydrogen-bond donors (Lipinski definition) is 1. The number of aromatic nitrogens is 1. The number of carbonyl (C=O) groups is 1. The molecule has 6 nitrogen and oxygen atoms in total. The second-order valence-electron chi connectivity index (χ2n) is 8.34. The standard InChI is InChI=1S/C22H30N2O4/c1-14(23-15(2)25)12-26-18-7-5-17(6-8-18)22-24-20-10-9-19(11-21(20)28-22)27-13-16-3-4-16/h9-11,14,16-18H,3-8,12-13H2,1-2H3,(H,23,25)/t14?,17-,18-. The molecule has 1 heterocycles. The van der Waals surface area contributed by atoms with Crippen molar-refractivity contribution >= 4 is 17.0 Å². The molecule has 2 saturated carbocycles. The molecule has 0 bridgehead atoms. The summed E-state index contributed by atoms with van der Waals surface area (Å²) in [5.74, 6) is 2.76. The van der Waals surface area contributed by atoms with Gasteiger partial charge in [0.15, 0.2) is 11.5 Å². The average Bonchev–Trinajstić information content (AvgIpc) is 3.41. The van der Waals surface area contributed by atoms with Gasteiger partial charge in [-0.1, -0.05) is 0 Å². The van der Waals surface area contributed by atoms with Gasteiger partial charge in [-0.15, -0.1) is 0 Å². The van der Waals surface area contributed by atoms with E-state index in [9.17, 15) is 4.79 Å². The molecule has 2 aromatic rings. The highest BCUT2D eigenvalue weighted by atomic mass is 16.5. The molecule has 1 atom stereocenters. The Kier molecular flexibility index (Phi) is 5.85. The molecule has 1 aromatic heterocycles. The van der Waals surface area contributed by atoms with Gasteiger partial charge in [-0.25, -0.2) is 4.98 Å². The van der Waals surface area contributed by atoms with E-state index in [0.29, 0.717) is 12.5 Å². The quantitative estimate of drug-likeness (QED) is 0.737. The van der Waals surface area contributed by atoms with Crippen molar-refractivity contribution in [3.05, 3.63) is 24.1 Å². The fraction of sp³-hybridized carbons (Fsp3) is 0.636. The van der Waals surface area contributed by atoms with Crippen LogP contribution in [-0.2, 0) is 9.53 Å². The maximum Gasteiger partial charge on any atom is 0.217 e. The Labute approximate surface area is 166 Å². The van der Waals surface area contributed by atoms with Crippen molar-refractivity contribution in [2.24, 2.45) is 5.92 Å². The zero-order chi connectivity index (χ0) is 19.5. The van der Waals surface area contributed by atoms with Gasteiger partial charge in [0.25, 0.3) is 0 Å². The molecule has 1 aromatic carbocycles. The summed E-state index contributed by atoms with van der Waals surface area (Å²) in [7, 11) is 0. The summed E-state index contributed by atoms with van der Waals surface area (Å²) in [4.78, 5) is 15.8. The highest BCUT2D eigenvalue weighted by molar-refractivity contribution is 5.74. The van der Waals surface area contributed by atoms with Gasteiger partial charge in [-0.3, -0.25) is 4.79 Å². The SMILES string of the molecule is CC(=O)NC(C)CO[C@H]1CC[C@H](c2nc3ccc(OCC4CC4)cc3o2)CC1. The minimum atomic E-state index is -0.0168. The third-order valence-electron chi connectivity index (χ3n) is 5.61. The molecule has 1 N–H and O–H groups in total. The molecule has 2 aliphatic rings. The number of benzene rings is 1. The number of rotatable bonds is 8. The van der Waals surface area contributed by atoms with Crippen LogP contribution in [0, 0.1) is 5.92 Å². The summed E-state index contributed by atoms with van der Waals surface area (Å²) in [6, 6.07) is 5.98. The van der Waals surface area contributed by atoms with Crippen LogP contribution in [0.25, 0.3) is 11.1 Å². The van der Waals surface area contributed by atoms with Gasteiger partial charge >= 0.3 is 0 Å². The number of fused-ring (bicyclic) bond motifs is 1. The first-order valence-corrected chi connectivity index (χ1v) is 10.5. The van der Waals surface area contributed by atoms with Gasteiger partial charge in [0.05, 0.1) is 19.3 Å². The Morgan fingerprint density at radius 3 is 2.75 bits per heavy atom. The molecule has 2 aliphatic carbocycles. The van der Waals surface area contributed by atoms with Crippen molar-refractivity contribution < 1.29 is 18.7 Å². The van der Waals surface area contributed by atoms with E-state index in [1.54, 1.807) is 0 Å². The van der Waals surface area contributed by atoms with Crippen molar-refractivity contribution in [1.29, 1.82) is 0 Å². The van der Waals surface area contributed by atoms with Gasteiger partial charge in [0, 0.05) is 24.9 Å². The van der Waals surface area contributed by atoms with E-state index in [1.165, 1.54) is 19.8 Å². The Hall–Kier alpha value is -2.08. The molecule has 28 heavy (non-hydrogen) atoms. The van der Waals surface area contributed by atoms with Crippen molar-refractivity contribution in [3.63, 3.8) is 0 Å². The summed E-state index contributed by atoms with van der Waals surface area (Å²) in [5.41, 5.74) is 1.71. The largest absolute Gasteiger partial charge is 0.493 e. The van der Waals surface area contributed by atoms with Crippen molar-refractivity contribution in [1.82, 2.24) is 10.3 Å². The van der Waals surface area contributed by atoms with Gasteiger partial charge in [-0.2, -0.15) is 0 Å². The highest BCUT2D eigenvalue weighted by Crippen LogP contribution is 2.36. The summed E-state index contributed by atoms with van der Waals surface area (Å²) >= 11 is 0. The van der Waals surface area contributed by atoms with Crippen LogP contribution >= 0.6 is 0 Å². The van der Waals surface area contributed by atoms with Crippen LogP contribution in [0.3, 0.4) is 0 Å². The minimum Gasteiger partial charge on any atom is -0.493 e. The Balaban J connectivity index is 1.29. The van der Waals surface area contributed by atoms with Crippen LogP contribution in [0.1, 0.15) is 64.2 Å². The smallest absolute Gasteiger partial charge is 0.217 e. The van der Waals surface area contributed by atoms with Crippen LogP contribution in [0.4, 0.5) is 0 Å². The lowest BCUT2D eigenvalue weighted by atomic mass is 9.87. The molecule has 0 radical (unpaired) electrons. The molecular weight excluding hydrogens is 356 g/mol. The van der Waals surface area contributed by atoms with Gasteiger partial charge < -0.3 is 19.2 Å². The van der Waals surface area contributed by atoms with Gasteiger partial charge in [-0.05, 0) is 63.5 Å². The van der Waals surface area contributed by atoms with Crippen LogP contribution in [-0.4, -0.2) is 36.3 Å². The van der Waals surface area contributed by atoms with E-state index in [-0.39, 0.29) is 18.1 Å². The first-order valence-electron chi connectivity index (χ1n) is 10.5. The number of oxazole rings is 1. The van der Waals surface area contributed by atoms with Crippen molar-refractivity contribution in [2.45, 2.75) is 70.4 Å². The average molecular weight is 386 g/mol. The normalized spacial score (nSPS) is 23.5. The van der Waals surface area contributed by atoms with E-state index < -0.39 is 0 Å². The van der Waals surface area contributed by atoms with Gasteiger partial charge in [0.2, 0.25) is 5.91 Å². The predicted molar refractivity (Wildman–Crippen MR) is 106 cm³/mol. The maximum atomic E-state index is 11.1. The summed E-state index contributed by atoms with van der Waals surface area (Å²) in [6.07, 6.45) is 6.83. The lowest BCUT2D eigenvalue weighted by Gasteiger charge is -2.27. The minimum absolute atomic E-state index is 0.0168. The Morgan fingerprint density at radius 2 is 2.04 bits per heavy atom. The monoisotopic (exact) mass is 386 g/mol. The third kappa shape index (κ3) is 5.04. The first-order chi connectivity index (χ1) is 13.6. The molecular formula is C22H30N2O4. The van der Waals surface area contributed by atoms with Crippen LogP contribution in [0.5, 0.6) is 5.75 Å². The van der Waals surface area contributed by atoms with E-state index in [0.717, 1.165) is 60.9 Å². The zero-order valence-electron chi connectivity index (χ0n) is 16.8. The molecule has 1 unspecified atom stereocenters. The first kappa shape index (κ1) is 19.2. The van der Waals surface area contributed by atoms with E-state index >= 15 is 0 Å². The fourth-order valence-electron chi connectivity index (χ4n) is 3.83. The third-order valence-corrected chi connectivity index (χ3v) is 5.61. The lowest BCUT2D eigenvalue weighted by molar-refractivity contribution is -0.120. The summed E-state index contributed by atoms with van der Waals surface area (Å²) in [6.45, 7) is 4.86. The molecule has 152 valence electrons. The number of nitrogens with zero attached hydrogens (tertiary/aromatic N) is 1. The van der Waals surface area contributed by atoms with Crippen molar-refractivity contribution in [2.75, 3.05) is 13.2 Å². The van der Waals surface area contributed by atoms with E-state index in [4.69, 9.17) is 18.9 Å². The number of carbonyl (C=O) groups excluding carboxylic acids is 1. The van der Waals surface area contributed by atoms with Crippen LogP contribution in [0.2, 0.25) is 0 Å². The van der Waals surface area contributed by atoms with Crippen molar-refractivity contribution in [3.8, 4) is 5.75 Å². The lowest BCUT2D eigenvalue weighted by Crippen LogP contribution is -2.36. The molecule has 0 spiro atoms. The molecule has 6 heteroatoms. The number of amides is 1. The summed E-state index contributed by atoms with van der Waals surface area (Å²) < 4.78 is 17.9. The number of nitrogens with one attached hydrogen (secondary N) is 1. The number of ether oxygens (including phenoxy) is 2. The fourth-order valence-corrected chi connectivity index (χ4v) is 3.83. The second-order valence-corrected chi connectivity index (χ2v) is 8.34. The zero-order valence-corrected chi connectivity index (χ0v) is 16.8. The molecule has 1 amide bonds. The summed E-state index contributed by atoms with van der Waals surface area (Å²) in [5, 5.41) is 2.86. The molecule has 0 aliphatic heterocycles. The highest BCUT2D eigenvalue weighted by Gasteiger charge is 2.27. The number of hydrogen-bond acceptors (Lipinski definition) is 5. The maximum absolute atomic E-state index is 11.1. The van der Waals surface area contributed by atoms with Gasteiger partial charge in [0.1, 0.15) is 11.3 Å². The second kappa shape index (κ2) is 8.52. The van der Waals surface area contributed by atoms with E-state index in [2.05, 4.69) is 5.32 Å². The molecule has 2 fully saturated rings. The van der Waals surface area contributed by atoms with Crippen LogP contribution in [0.15, 0.2) is 22.6 Å². The predicted octanol–water partition coefficient (Wildman–Crippen LogP) is 4.18. The molecule has 0 saturated heterocycles. The molecule has 4 rings (SSSR count). The Morgan fingerprint density at radius 1 is 1.25 bits per heavy atom. The van der Waals surface area contributed by atoms with E-state index in [1.807, 2.05) is 25.1 Å². The Bertz CT molecular complexity index is 806.